The normalized spacial score (nSPS) is 24.1. The van der Waals surface area contributed by atoms with Gasteiger partial charge in [0.2, 0.25) is 0 Å². The van der Waals surface area contributed by atoms with Gasteiger partial charge in [0, 0.05) is 57.2 Å². The van der Waals surface area contributed by atoms with Crippen molar-refractivity contribution in [3.63, 3.8) is 0 Å². The molecule has 1 aromatic carbocycles. The van der Waals surface area contributed by atoms with Crippen LogP contribution in [0.2, 0.25) is 0 Å². The first-order valence-corrected chi connectivity index (χ1v) is 11.8. The fourth-order valence-corrected chi connectivity index (χ4v) is 5.00. The van der Waals surface area contributed by atoms with Crippen molar-refractivity contribution in [1.82, 2.24) is 0 Å². The van der Waals surface area contributed by atoms with E-state index in [1.807, 2.05) is 6.07 Å². The Bertz CT molecular complexity index is 805. The molecule has 0 bridgehead atoms. The van der Waals surface area contributed by atoms with Crippen LogP contribution in [0.4, 0.5) is 0 Å². The molecule has 0 spiro atoms. The molecule has 1 aliphatic carbocycles. The Hall–Kier alpha value is -0.186. The summed E-state index contributed by atoms with van der Waals surface area (Å²) in [6, 6.07) is 3.98. The van der Waals surface area contributed by atoms with E-state index in [9.17, 15) is 9.46 Å². The third-order valence-corrected chi connectivity index (χ3v) is 6.91. The van der Waals surface area contributed by atoms with Crippen LogP contribution in [0.3, 0.4) is 0 Å². The van der Waals surface area contributed by atoms with Crippen LogP contribution in [0.1, 0.15) is 76.8 Å². The van der Waals surface area contributed by atoms with Crippen molar-refractivity contribution >= 4 is 7.82 Å². The van der Waals surface area contributed by atoms with Crippen molar-refractivity contribution in [2.24, 2.45) is 5.92 Å². The van der Waals surface area contributed by atoms with Gasteiger partial charge >= 0.3 is 7.82 Å². The molecule has 1 aromatic rings. The molecule has 1 unspecified atom stereocenters. The van der Waals surface area contributed by atoms with Gasteiger partial charge in [-0.2, -0.15) is 0 Å². The number of hydrogen-bond acceptors (Lipinski definition) is 4. The Morgan fingerprint density at radius 2 is 2.03 bits per heavy atom. The maximum absolute atomic E-state index is 12.2. The van der Waals surface area contributed by atoms with E-state index in [2.05, 4.69) is 39.8 Å². The molecular formula is C22H33O5PY. The summed E-state index contributed by atoms with van der Waals surface area (Å²) in [6.07, 6.45) is 8.57. The molecule has 29 heavy (non-hydrogen) atoms. The predicted molar refractivity (Wildman–Crippen MR) is 111 cm³/mol. The number of hydrogen-bond donors (Lipinski definition) is 1. The summed E-state index contributed by atoms with van der Waals surface area (Å²) in [6.45, 7) is 8.59. The molecule has 159 valence electrons. The van der Waals surface area contributed by atoms with Crippen molar-refractivity contribution in [2.45, 2.75) is 77.7 Å². The van der Waals surface area contributed by atoms with E-state index in [0.717, 1.165) is 55.4 Å². The van der Waals surface area contributed by atoms with Crippen LogP contribution in [0.5, 0.6) is 11.5 Å². The van der Waals surface area contributed by atoms with Crippen LogP contribution in [0.15, 0.2) is 23.8 Å². The molecule has 5 nitrogen and oxygen atoms in total. The minimum absolute atomic E-state index is 0. The Balaban J connectivity index is 0.00000300. The quantitative estimate of drug-likeness (QED) is 0.278. The zero-order valence-corrected chi connectivity index (χ0v) is 22.0. The molecular weight excluding hydrogens is 464 g/mol. The second-order valence-electron chi connectivity index (χ2n) is 8.59. The standard InChI is InChI=1S/C22H33O5P.Y/c1-6-7-8-9-16-13-19-21(20(14-16)27-28(23,24)25-5)17-12-15(2)10-11-18(17)22(3,4)26-19;/h12-14,17-18H,6-11H2,1-5H3,(H,23,24);/t17-,18-;/m1./s1. The minimum atomic E-state index is -4.16. The molecule has 1 aliphatic heterocycles. The molecule has 0 saturated carbocycles. The summed E-state index contributed by atoms with van der Waals surface area (Å²) in [5, 5.41) is 0. The van der Waals surface area contributed by atoms with Crippen molar-refractivity contribution < 1.29 is 56.0 Å². The maximum atomic E-state index is 12.2. The molecule has 3 atom stereocenters. The Morgan fingerprint density at radius 1 is 1.31 bits per heavy atom. The number of rotatable bonds is 7. The molecule has 2 aliphatic rings. The summed E-state index contributed by atoms with van der Waals surface area (Å²) in [4.78, 5) is 9.99. The number of aryl methyl sites for hydroxylation is 1. The molecule has 7 heteroatoms. The first-order chi connectivity index (χ1) is 13.2. The van der Waals surface area contributed by atoms with Gasteiger partial charge in [-0.25, -0.2) is 4.57 Å². The largest absolute Gasteiger partial charge is 0.527 e. The van der Waals surface area contributed by atoms with E-state index in [-0.39, 0.29) is 50.1 Å². The van der Waals surface area contributed by atoms with Gasteiger partial charge in [-0.3, -0.25) is 9.42 Å². The van der Waals surface area contributed by atoms with Gasteiger partial charge in [-0.05, 0) is 64.2 Å². The zero-order chi connectivity index (χ0) is 20.5. The van der Waals surface area contributed by atoms with Crippen LogP contribution in [0.25, 0.3) is 0 Å². The maximum Gasteiger partial charge on any atom is 0.527 e. The van der Waals surface area contributed by atoms with Gasteiger partial charge in [0.25, 0.3) is 0 Å². The summed E-state index contributed by atoms with van der Waals surface area (Å²) in [5.41, 5.74) is 2.96. The number of fused-ring (bicyclic) bond motifs is 3. The zero-order valence-electron chi connectivity index (χ0n) is 18.2. The second-order valence-corrected chi connectivity index (χ2v) is 10.1. The molecule has 0 saturated heterocycles. The van der Waals surface area contributed by atoms with Gasteiger partial charge in [0.15, 0.2) is 0 Å². The summed E-state index contributed by atoms with van der Waals surface area (Å²) >= 11 is 0. The minimum Gasteiger partial charge on any atom is -0.487 e. The Morgan fingerprint density at radius 3 is 2.69 bits per heavy atom. The van der Waals surface area contributed by atoms with E-state index in [4.69, 9.17) is 13.8 Å². The number of phosphoric ester groups is 1. The molecule has 3 rings (SSSR count). The van der Waals surface area contributed by atoms with Crippen LogP contribution in [-0.2, 0) is 48.2 Å². The topological polar surface area (TPSA) is 65.0 Å². The van der Waals surface area contributed by atoms with Crippen LogP contribution in [0, 0.1) is 5.92 Å². The number of unbranched alkanes of at least 4 members (excludes halogenated alkanes) is 2. The molecule has 0 aromatic heterocycles. The smallest absolute Gasteiger partial charge is 0.487 e. The van der Waals surface area contributed by atoms with E-state index < -0.39 is 7.82 Å². The summed E-state index contributed by atoms with van der Waals surface area (Å²) in [7, 11) is -2.98. The van der Waals surface area contributed by atoms with Crippen molar-refractivity contribution in [3.8, 4) is 11.5 Å². The second kappa shape index (κ2) is 9.96. The van der Waals surface area contributed by atoms with Crippen molar-refractivity contribution in [2.75, 3.05) is 7.11 Å². The van der Waals surface area contributed by atoms with E-state index in [1.54, 1.807) is 0 Å². The number of benzene rings is 1. The van der Waals surface area contributed by atoms with E-state index in [1.165, 1.54) is 12.7 Å². The van der Waals surface area contributed by atoms with Gasteiger partial charge in [0.1, 0.15) is 17.1 Å². The molecule has 1 radical (unpaired) electrons. The first kappa shape index (κ1) is 25.1. The molecule has 0 fully saturated rings. The average Bonchev–Trinajstić information content (AvgIpc) is 2.60. The van der Waals surface area contributed by atoms with Gasteiger partial charge < -0.3 is 9.26 Å². The Kier molecular flexibility index (Phi) is 8.61. The molecule has 1 heterocycles. The molecule has 0 amide bonds. The summed E-state index contributed by atoms with van der Waals surface area (Å²) in [5.74, 6) is 1.56. The number of ether oxygens (including phenoxy) is 1. The monoisotopic (exact) mass is 497 g/mol. The van der Waals surface area contributed by atoms with Crippen molar-refractivity contribution in [3.05, 3.63) is 34.9 Å². The fraction of sp³-hybridized carbons (Fsp3) is 0.636. The van der Waals surface area contributed by atoms with Gasteiger partial charge in [-0.15, -0.1) is 0 Å². The number of phosphoric acid groups is 1. The third-order valence-electron chi connectivity index (χ3n) is 6.02. The van der Waals surface area contributed by atoms with Crippen LogP contribution < -0.4 is 9.26 Å². The van der Waals surface area contributed by atoms with Crippen LogP contribution in [-0.4, -0.2) is 17.6 Å². The fourth-order valence-electron chi connectivity index (χ4n) is 4.52. The SMILES string of the molecule is CCCCCc1cc2c(c(OP(=O)(O)OC)c1)[C@@H]1C=C(C)CC[C@H]1C(C)(C)O2.[Y]. The predicted octanol–water partition coefficient (Wildman–Crippen LogP) is 6.15. The Labute approximate surface area is 200 Å². The average molecular weight is 497 g/mol. The van der Waals surface area contributed by atoms with Gasteiger partial charge in [-0.1, -0.05) is 31.4 Å². The number of allylic oxidation sites excluding steroid dienone is 2. The van der Waals surface area contributed by atoms with Crippen molar-refractivity contribution in [1.29, 1.82) is 0 Å². The molecule has 1 N–H and O–H groups in total. The van der Waals surface area contributed by atoms with Crippen LogP contribution >= 0.6 is 7.82 Å². The van der Waals surface area contributed by atoms with E-state index in [0.29, 0.717) is 5.75 Å². The summed E-state index contributed by atoms with van der Waals surface area (Å²) < 4.78 is 28.9. The van der Waals surface area contributed by atoms with Gasteiger partial charge in [0.05, 0.1) is 0 Å². The van der Waals surface area contributed by atoms with E-state index >= 15 is 0 Å². The third kappa shape index (κ3) is 5.74. The first-order valence-electron chi connectivity index (χ1n) is 10.3.